The number of hydrogen-bond donors (Lipinski definition) is 0. The zero-order valence-corrected chi connectivity index (χ0v) is 9.04. The van der Waals surface area contributed by atoms with Gasteiger partial charge >= 0.3 is 0 Å². The molecule has 0 heterocycles. The first-order valence-electron chi connectivity index (χ1n) is 4.93. The highest BCUT2D eigenvalue weighted by molar-refractivity contribution is 5.16. The van der Waals surface area contributed by atoms with Crippen LogP contribution in [0.15, 0.2) is 23.3 Å². The Balaban J connectivity index is 4.06. The highest BCUT2D eigenvalue weighted by Gasteiger charge is 1.97. The van der Waals surface area contributed by atoms with E-state index in [0.717, 1.165) is 12.8 Å². The maximum absolute atomic E-state index is 4.02. The van der Waals surface area contributed by atoms with Crippen LogP contribution in [0.1, 0.15) is 53.4 Å². The van der Waals surface area contributed by atoms with E-state index in [1.54, 1.807) is 5.57 Å². The monoisotopic (exact) mass is 166 g/mol. The highest BCUT2D eigenvalue weighted by atomic mass is 14.0. The second-order valence-electron chi connectivity index (χ2n) is 3.59. The molecule has 0 aromatic carbocycles. The predicted molar refractivity (Wildman–Crippen MR) is 57.3 cm³/mol. The summed E-state index contributed by atoms with van der Waals surface area (Å²) in [5.74, 6) is 0. The van der Waals surface area contributed by atoms with Crippen LogP contribution >= 0.6 is 0 Å². The van der Waals surface area contributed by atoms with Crippen LogP contribution in [-0.2, 0) is 0 Å². The first-order chi connectivity index (χ1) is 5.61. The largest absolute Gasteiger partial charge is 0.0995 e. The molecule has 0 aromatic heterocycles. The second kappa shape index (κ2) is 6.05. The van der Waals surface area contributed by atoms with Gasteiger partial charge in [-0.1, -0.05) is 43.6 Å². The van der Waals surface area contributed by atoms with Gasteiger partial charge in [0.15, 0.2) is 0 Å². The summed E-state index contributed by atoms with van der Waals surface area (Å²) in [6, 6.07) is 0. The lowest BCUT2D eigenvalue weighted by Crippen LogP contribution is -1.87. The highest BCUT2D eigenvalue weighted by Crippen LogP contribution is 2.18. The molecule has 0 saturated heterocycles. The van der Waals surface area contributed by atoms with Crippen LogP contribution in [0.2, 0.25) is 0 Å². The van der Waals surface area contributed by atoms with Gasteiger partial charge in [-0.15, -0.1) is 0 Å². The van der Waals surface area contributed by atoms with Crippen molar-refractivity contribution in [3.63, 3.8) is 0 Å². The van der Waals surface area contributed by atoms with Crippen LogP contribution in [-0.4, -0.2) is 0 Å². The van der Waals surface area contributed by atoms with Gasteiger partial charge in [0.2, 0.25) is 0 Å². The molecular weight excluding hydrogens is 144 g/mol. The molecule has 0 saturated carbocycles. The van der Waals surface area contributed by atoms with Gasteiger partial charge in [0.05, 0.1) is 0 Å². The molecule has 0 nitrogen and oxygen atoms in total. The number of allylic oxidation sites excluding steroid dienone is 3. The predicted octanol–water partition coefficient (Wildman–Crippen LogP) is 4.48. The lowest BCUT2D eigenvalue weighted by Gasteiger charge is -2.07. The molecule has 12 heavy (non-hydrogen) atoms. The van der Waals surface area contributed by atoms with Gasteiger partial charge in [-0.2, -0.15) is 0 Å². The van der Waals surface area contributed by atoms with Crippen molar-refractivity contribution in [2.45, 2.75) is 53.4 Å². The molecule has 0 atom stereocenters. The molecule has 70 valence electrons. The van der Waals surface area contributed by atoms with Crippen LogP contribution in [0, 0.1) is 0 Å². The lowest BCUT2D eigenvalue weighted by atomic mass is 9.99. The molecule has 0 fully saturated rings. The Morgan fingerprint density at radius 2 is 1.67 bits per heavy atom. The zero-order valence-electron chi connectivity index (χ0n) is 9.04. The Kier molecular flexibility index (Phi) is 5.79. The Bertz CT molecular complexity index is 172. The lowest BCUT2D eigenvalue weighted by molar-refractivity contribution is 0.870. The SMILES string of the molecule is C=C(CC)CC(C)=C(C)CCC. The molecule has 0 unspecified atom stereocenters. The van der Waals surface area contributed by atoms with Gasteiger partial charge < -0.3 is 0 Å². The Morgan fingerprint density at radius 3 is 2.08 bits per heavy atom. The van der Waals surface area contributed by atoms with Gasteiger partial charge in [0.25, 0.3) is 0 Å². The molecule has 0 amide bonds. The fourth-order valence-electron chi connectivity index (χ4n) is 1.24. The zero-order chi connectivity index (χ0) is 9.56. The van der Waals surface area contributed by atoms with E-state index in [9.17, 15) is 0 Å². The smallest absolute Gasteiger partial charge is 0.0111 e. The van der Waals surface area contributed by atoms with Crippen molar-refractivity contribution < 1.29 is 0 Å². The van der Waals surface area contributed by atoms with Crippen molar-refractivity contribution in [3.8, 4) is 0 Å². The third kappa shape index (κ3) is 4.38. The molecule has 0 rings (SSSR count). The third-order valence-corrected chi connectivity index (χ3v) is 2.37. The summed E-state index contributed by atoms with van der Waals surface area (Å²) in [5, 5.41) is 0. The van der Waals surface area contributed by atoms with Crippen molar-refractivity contribution >= 4 is 0 Å². The van der Waals surface area contributed by atoms with E-state index in [1.807, 2.05) is 0 Å². The third-order valence-electron chi connectivity index (χ3n) is 2.37. The summed E-state index contributed by atoms with van der Waals surface area (Å²) in [6.45, 7) is 12.9. The summed E-state index contributed by atoms with van der Waals surface area (Å²) in [7, 11) is 0. The van der Waals surface area contributed by atoms with Crippen LogP contribution in [0.3, 0.4) is 0 Å². The van der Waals surface area contributed by atoms with Gasteiger partial charge in [-0.3, -0.25) is 0 Å². The van der Waals surface area contributed by atoms with E-state index in [4.69, 9.17) is 0 Å². The van der Waals surface area contributed by atoms with Crippen LogP contribution in [0.5, 0.6) is 0 Å². The minimum Gasteiger partial charge on any atom is -0.0995 e. The molecule has 0 bridgehead atoms. The van der Waals surface area contributed by atoms with Crippen molar-refractivity contribution in [1.29, 1.82) is 0 Å². The van der Waals surface area contributed by atoms with Gasteiger partial charge in [-0.25, -0.2) is 0 Å². The quantitative estimate of drug-likeness (QED) is 0.528. The van der Waals surface area contributed by atoms with E-state index in [1.165, 1.54) is 24.0 Å². The maximum atomic E-state index is 4.02. The molecule has 0 heteroatoms. The summed E-state index contributed by atoms with van der Waals surface area (Å²) in [6.07, 6.45) is 4.70. The average molecular weight is 166 g/mol. The van der Waals surface area contributed by atoms with E-state index >= 15 is 0 Å². The first kappa shape index (κ1) is 11.5. The van der Waals surface area contributed by atoms with Gasteiger partial charge in [0, 0.05) is 0 Å². The van der Waals surface area contributed by atoms with Crippen molar-refractivity contribution in [2.24, 2.45) is 0 Å². The number of hydrogen-bond acceptors (Lipinski definition) is 0. The molecular formula is C12H22. The molecule has 0 aliphatic heterocycles. The molecule has 0 spiro atoms. The Labute approximate surface area is 77.4 Å². The molecule has 0 aliphatic rings. The first-order valence-corrected chi connectivity index (χ1v) is 4.93. The van der Waals surface area contributed by atoms with Crippen LogP contribution in [0.4, 0.5) is 0 Å². The molecule has 0 N–H and O–H groups in total. The molecule has 0 aromatic rings. The summed E-state index contributed by atoms with van der Waals surface area (Å²) in [4.78, 5) is 0. The summed E-state index contributed by atoms with van der Waals surface area (Å²) < 4.78 is 0. The topological polar surface area (TPSA) is 0 Å². The standard InChI is InChI=1S/C12H22/c1-6-8-11(4)12(5)9-10(3)7-2/h3,6-9H2,1-2,4-5H3. The normalized spacial score (nSPS) is 12.7. The summed E-state index contributed by atoms with van der Waals surface area (Å²) in [5.41, 5.74) is 4.42. The van der Waals surface area contributed by atoms with Crippen molar-refractivity contribution in [1.82, 2.24) is 0 Å². The summed E-state index contributed by atoms with van der Waals surface area (Å²) >= 11 is 0. The van der Waals surface area contributed by atoms with Gasteiger partial charge in [-0.05, 0) is 33.1 Å². The maximum Gasteiger partial charge on any atom is -0.0111 e. The van der Waals surface area contributed by atoms with Crippen molar-refractivity contribution in [3.05, 3.63) is 23.3 Å². The van der Waals surface area contributed by atoms with E-state index in [2.05, 4.69) is 34.3 Å². The number of rotatable bonds is 5. The minimum atomic E-state index is 1.10. The average Bonchev–Trinajstić information content (AvgIpc) is 2.04. The van der Waals surface area contributed by atoms with Gasteiger partial charge in [0.1, 0.15) is 0 Å². The van der Waals surface area contributed by atoms with Crippen LogP contribution < -0.4 is 0 Å². The fourth-order valence-corrected chi connectivity index (χ4v) is 1.24. The van der Waals surface area contributed by atoms with E-state index in [0.29, 0.717) is 0 Å². The molecule has 0 radical (unpaired) electrons. The van der Waals surface area contributed by atoms with Crippen molar-refractivity contribution in [2.75, 3.05) is 0 Å². The minimum absolute atomic E-state index is 1.10. The van der Waals surface area contributed by atoms with E-state index in [-0.39, 0.29) is 0 Å². The molecule has 0 aliphatic carbocycles. The second-order valence-corrected chi connectivity index (χ2v) is 3.59. The Morgan fingerprint density at radius 1 is 1.08 bits per heavy atom. The van der Waals surface area contributed by atoms with E-state index < -0.39 is 0 Å². The van der Waals surface area contributed by atoms with Crippen LogP contribution in [0.25, 0.3) is 0 Å². The Hall–Kier alpha value is -0.520. The fraction of sp³-hybridized carbons (Fsp3) is 0.667.